The molecule has 0 spiro atoms. The van der Waals surface area contributed by atoms with Crippen molar-refractivity contribution in [3.63, 3.8) is 0 Å². The third kappa shape index (κ3) is 1.63. The Kier molecular flexibility index (Phi) is 2.25. The zero-order valence-corrected chi connectivity index (χ0v) is 9.00. The van der Waals surface area contributed by atoms with Crippen LogP contribution in [0.15, 0.2) is 18.2 Å². The first-order chi connectivity index (χ1) is 7.65. The Bertz CT molecular complexity index is 408. The van der Waals surface area contributed by atoms with Crippen molar-refractivity contribution in [2.45, 2.75) is 25.3 Å². The summed E-state index contributed by atoms with van der Waals surface area (Å²) < 4.78 is 26.3. The first-order valence-corrected chi connectivity index (χ1v) is 5.85. The lowest BCUT2D eigenvalue weighted by Gasteiger charge is -2.21. The molecular weight excluding hydrogens is 208 g/mol. The van der Waals surface area contributed by atoms with Crippen LogP contribution in [0.25, 0.3) is 0 Å². The van der Waals surface area contributed by atoms with Crippen molar-refractivity contribution in [3.8, 4) is 0 Å². The summed E-state index contributed by atoms with van der Waals surface area (Å²) in [5.74, 6) is 0.999. The molecule has 86 valence electrons. The molecule has 0 aliphatic heterocycles. The van der Waals surface area contributed by atoms with Gasteiger partial charge in [0.05, 0.1) is 0 Å². The van der Waals surface area contributed by atoms with Crippen LogP contribution in [-0.2, 0) is 0 Å². The van der Waals surface area contributed by atoms with Crippen LogP contribution in [0.4, 0.5) is 8.78 Å². The zero-order valence-electron chi connectivity index (χ0n) is 9.00. The summed E-state index contributed by atoms with van der Waals surface area (Å²) in [6, 6.07) is 3.42. The van der Waals surface area contributed by atoms with E-state index < -0.39 is 11.6 Å². The van der Waals surface area contributed by atoms with Crippen LogP contribution in [0.1, 0.15) is 30.9 Å². The van der Waals surface area contributed by atoms with Gasteiger partial charge in [-0.1, -0.05) is 6.07 Å². The van der Waals surface area contributed by atoms with Crippen LogP contribution in [0, 0.1) is 29.4 Å². The second kappa shape index (κ2) is 3.52. The van der Waals surface area contributed by atoms with Crippen LogP contribution in [0.2, 0.25) is 0 Å². The van der Waals surface area contributed by atoms with E-state index in [-0.39, 0.29) is 6.04 Å². The molecule has 0 aromatic heterocycles. The van der Waals surface area contributed by atoms with Crippen molar-refractivity contribution < 1.29 is 8.78 Å². The number of hydrogen-bond acceptors (Lipinski definition) is 1. The molecule has 1 aromatic rings. The predicted molar refractivity (Wildman–Crippen MR) is 57.6 cm³/mol. The van der Waals surface area contributed by atoms with E-state index in [1.807, 2.05) is 0 Å². The molecule has 0 heterocycles. The second-order valence-electron chi connectivity index (χ2n) is 5.18. The number of nitrogens with two attached hydrogens (primary N) is 1. The first-order valence-electron chi connectivity index (χ1n) is 5.85. The highest BCUT2D eigenvalue weighted by Crippen LogP contribution is 2.56. The minimum absolute atomic E-state index is 0.270. The molecule has 3 atom stereocenters. The molecule has 0 saturated heterocycles. The molecule has 2 N–H and O–H groups in total. The molecule has 0 radical (unpaired) electrons. The molecule has 1 aromatic carbocycles. The van der Waals surface area contributed by atoms with Gasteiger partial charge in [-0.15, -0.1) is 0 Å². The Balaban J connectivity index is 1.80. The molecule has 3 unspecified atom stereocenters. The summed E-state index contributed by atoms with van der Waals surface area (Å²) in [6.07, 6.45) is 3.56. The van der Waals surface area contributed by atoms with Crippen molar-refractivity contribution in [1.29, 1.82) is 0 Å². The highest BCUT2D eigenvalue weighted by molar-refractivity contribution is 5.23. The van der Waals surface area contributed by atoms with Gasteiger partial charge in [-0.3, -0.25) is 0 Å². The van der Waals surface area contributed by atoms with E-state index in [9.17, 15) is 8.78 Å². The molecule has 16 heavy (non-hydrogen) atoms. The standard InChI is InChI=1S/C13H15F2N/c14-10-1-2-11(12(15)6-10)13(16)9-4-7-3-8(7)5-9/h1-2,6-9,13H,3-5,16H2. The van der Waals surface area contributed by atoms with Gasteiger partial charge in [0.25, 0.3) is 0 Å². The smallest absolute Gasteiger partial charge is 0.130 e. The summed E-state index contributed by atoms with van der Waals surface area (Å²) in [4.78, 5) is 0. The Morgan fingerprint density at radius 2 is 1.81 bits per heavy atom. The summed E-state index contributed by atoms with van der Waals surface area (Å²) in [5.41, 5.74) is 6.54. The molecular formula is C13H15F2N. The summed E-state index contributed by atoms with van der Waals surface area (Å²) in [5, 5.41) is 0. The lowest BCUT2D eigenvalue weighted by Crippen LogP contribution is -2.21. The van der Waals surface area contributed by atoms with Crippen molar-refractivity contribution in [2.75, 3.05) is 0 Å². The van der Waals surface area contributed by atoms with Crippen molar-refractivity contribution in [3.05, 3.63) is 35.4 Å². The lowest BCUT2D eigenvalue weighted by molar-refractivity contribution is 0.392. The minimum atomic E-state index is -0.539. The molecule has 0 bridgehead atoms. The van der Waals surface area contributed by atoms with Crippen LogP contribution in [-0.4, -0.2) is 0 Å². The van der Waals surface area contributed by atoms with Crippen molar-refractivity contribution in [1.82, 2.24) is 0 Å². The normalized spacial score (nSPS) is 33.6. The zero-order chi connectivity index (χ0) is 11.3. The predicted octanol–water partition coefficient (Wildman–Crippen LogP) is 3.01. The van der Waals surface area contributed by atoms with Gasteiger partial charge in [0.1, 0.15) is 11.6 Å². The van der Waals surface area contributed by atoms with Crippen LogP contribution < -0.4 is 5.73 Å². The van der Waals surface area contributed by atoms with Gasteiger partial charge >= 0.3 is 0 Å². The molecule has 3 heteroatoms. The molecule has 2 saturated carbocycles. The molecule has 2 aliphatic rings. The fraction of sp³-hybridized carbons (Fsp3) is 0.538. The van der Waals surface area contributed by atoms with E-state index in [2.05, 4.69) is 0 Å². The van der Waals surface area contributed by atoms with Gasteiger partial charge in [0, 0.05) is 17.7 Å². The van der Waals surface area contributed by atoms with Gasteiger partial charge in [-0.25, -0.2) is 8.78 Å². The monoisotopic (exact) mass is 223 g/mol. The molecule has 0 amide bonds. The van der Waals surface area contributed by atoms with Gasteiger partial charge in [-0.05, 0) is 43.1 Å². The summed E-state index contributed by atoms with van der Waals surface area (Å²) in [6.45, 7) is 0. The summed E-state index contributed by atoms with van der Waals surface area (Å²) >= 11 is 0. The fourth-order valence-corrected chi connectivity index (χ4v) is 3.08. The number of halogens is 2. The van der Waals surface area contributed by atoms with Crippen LogP contribution >= 0.6 is 0 Å². The maximum atomic E-state index is 13.5. The topological polar surface area (TPSA) is 26.0 Å². The number of hydrogen-bond donors (Lipinski definition) is 1. The van der Waals surface area contributed by atoms with E-state index in [1.165, 1.54) is 18.6 Å². The highest BCUT2D eigenvalue weighted by atomic mass is 19.1. The number of rotatable bonds is 2. The molecule has 2 aliphatic carbocycles. The average Bonchev–Trinajstić information content (AvgIpc) is 2.85. The van der Waals surface area contributed by atoms with Gasteiger partial charge in [0.15, 0.2) is 0 Å². The number of fused-ring (bicyclic) bond motifs is 1. The maximum absolute atomic E-state index is 13.5. The molecule has 2 fully saturated rings. The summed E-state index contributed by atoms with van der Waals surface area (Å²) in [7, 11) is 0. The van der Waals surface area contributed by atoms with Gasteiger partial charge in [-0.2, -0.15) is 0 Å². The molecule has 3 rings (SSSR count). The fourth-order valence-electron chi connectivity index (χ4n) is 3.08. The van der Waals surface area contributed by atoms with Crippen molar-refractivity contribution >= 4 is 0 Å². The van der Waals surface area contributed by atoms with Crippen LogP contribution in [0.5, 0.6) is 0 Å². The van der Waals surface area contributed by atoms with E-state index in [0.29, 0.717) is 11.5 Å². The second-order valence-corrected chi connectivity index (χ2v) is 5.18. The Morgan fingerprint density at radius 3 is 2.44 bits per heavy atom. The van der Waals surface area contributed by atoms with Gasteiger partial charge in [0.2, 0.25) is 0 Å². The quantitative estimate of drug-likeness (QED) is 0.819. The van der Waals surface area contributed by atoms with E-state index in [4.69, 9.17) is 5.73 Å². The van der Waals surface area contributed by atoms with E-state index in [0.717, 1.165) is 30.7 Å². The van der Waals surface area contributed by atoms with E-state index >= 15 is 0 Å². The van der Waals surface area contributed by atoms with Gasteiger partial charge < -0.3 is 5.73 Å². The highest BCUT2D eigenvalue weighted by Gasteiger charge is 2.47. The third-order valence-corrected chi connectivity index (χ3v) is 4.11. The Hall–Kier alpha value is -0.960. The van der Waals surface area contributed by atoms with E-state index in [1.54, 1.807) is 0 Å². The average molecular weight is 223 g/mol. The number of benzene rings is 1. The van der Waals surface area contributed by atoms with Crippen molar-refractivity contribution in [2.24, 2.45) is 23.5 Å². The third-order valence-electron chi connectivity index (χ3n) is 4.11. The van der Waals surface area contributed by atoms with Crippen LogP contribution in [0.3, 0.4) is 0 Å². The maximum Gasteiger partial charge on any atom is 0.130 e. The lowest BCUT2D eigenvalue weighted by atomic mass is 9.89. The largest absolute Gasteiger partial charge is 0.324 e. The SMILES string of the molecule is NC(c1ccc(F)cc1F)C1CC2CC2C1. The minimum Gasteiger partial charge on any atom is -0.324 e. The molecule has 1 nitrogen and oxygen atoms in total. The Morgan fingerprint density at radius 1 is 1.12 bits per heavy atom. The Labute approximate surface area is 93.6 Å². The first kappa shape index (κ1) is 10.2.